The minimum absolute atomic E-state index is 0.362. The van der Waals surface area contributed by atoms with Gasteiger partial charge >= 0.3 is 0 Å². The van der Waals surface area contributed by atoms with E-state index in [1.54, 1.807) is 4.90 Å². The summed E-state index contributed by atoms with van der Waals surface area (Å²) in [5.41, 5.74) is 1.16. The van der Waals surface area contributed by atoms with Crippen LogP contribution in [0.3, 0.4) is 0 Å². The van der Waals surface area contributed by atoms with E-state index in [0.29, 0.717) is 17.2 Å². The van der Waals surface area contributed by atoms with Crippen molar-refractivity contribution in [2.45, 2.75) is 39.4 Å². The molecule has 0 spiro atoms. The zero-order valence-electron chi connectivity index (χ0n) is 12.6. The Bertz CT molecular complexity index is 428. The van der Waals surface area contributed by atoms with Crippen molar-refractivity contribution in [3.8, 4) is 5.75 Å². The maximum Gasteiger partial charge on any atom is 0.137 e. The second-order valence-corrected chi connectivity index (χ2v) is 6.21. The van der Waals surface area contributed by atoms with Crippen molar-refractivity contribution in [1.29, 1.82) is 0 Å². The van der Waals surface area contributed by atoms with Crippen LogP contribution in [-0.4, -0.2) is 38.4 Å². The molecule has 4 heteroatoms. The van der Waals surface area contributed by atoms with Gasteiger partial charge in [0.2, 0.25) is 0 Å². The van der Waals surface area contributed by atoms with Crippen LogP contribution in [0.1, 0.15) is 25.8 Å². The fourth-order valence-electron chi connectivity index (χ4n) is 2.82. The van der Waals surface area contributed by atoms with Crippen LogP contribution in [0.5, 0.6) is 5.75 Å². The van der Waals surface area contributed by atoms with Crippen molar-refractivity contribution in [3.63, 3.8) is 0 Å². The summed E-state index contributed by atoms with van der Waals surface area (Å²) in [6.45, 7) is 10.4. The van der Waals surface area contributed by atoms with Gasteiger partial charge in [-0.15, -0.1) is 0 Å². The summed E-state index contributed by atoms with van der Waals surface area (Å²) >= 11 is 6.15. The summed E-state index contributed by atoms with van der Waals surface area (Å²) < 4.78 is 11.5. The van der Waals surface area contributed by atoms with Crippen LogP contribution in [-0.2, 0) is 4.74 Å². The Labute approximate surface area is 126 Å². The van der Waals surface area contributed by atoms with E-state index in [9.17, 15) is 0 Å². The van der Waals surface area contributed by atoms with Crippen molar-refractivity contribution in [3.05, 3.63) is 28.8 Å². The lowest BCUT2D eigenvalue weighted by atomic mass is 10.2. The molecule has 20 heavy (non-hydrogen) atoms. The molecule has 1 aromatic carbocycles. The van der Waals surface area contributed by atoms with Gasteiger partial charge in [0.05, 0.1) is 18.2 Å². The van der Waals surface area contributed by atoms with Crippen LogP contribution in [0.4, 0.5) is 0 Å². The Morgan fingerprint density at radius 2 is 2.00 bits per heavy atom. The lowest BCUT2D eigenvalue weighted by molar-refractivity contribution is -0.915. The van der Waals surface area contributed by atoms with Crippen molar-refractivity contribution in [2.24, 2.45) is 0 Å². The molecule has 0 unspecified atom stereocenters. The van der Waals surface area contributed by atoms with E-state index >= 15 is 0 Å². The first-order valence-corrected chi connectivity index (χ1v) is 7.80. The minimum atomic E-state index is 0.362. The Morgan fingerprint density at radius 1 is 1.30 bits per heavy atom. The van der Waals surface area contributed by atoms with Crippen LogP contribution in [0.2, 0.25) is 5.02 Å². The standard InChI is InChI=1S/C16H24ClNO2/c1-12-5-6-16(15(17)9-12)19-8-4-7-18-10-13(2)20-14(3)11-18/h5-6,9,13-14H,4,7-8,10-11H2,1-3H3/p+1/t13-,14-/m0/s1. The normalized spacial score (nSPS) is 26.5. The van der Waals surface area contributed by atoms with E-state index < -0.39 is 0 Å². The van der Waals surface area contributed by atoms with Gasteiger partial charge in [0.1, 0.15) is 31.0 Å². The fraction of sp³-hybridized carbons (Fsp3) is 0.625. The van der Waals surface area contributed by atoms with Gasteiger partial charge in [0, 0.05) is 6.42 Å². The van der Waals surface area contributed by atoms with Crippen LogP contribution in [0.15, 0.2) is 18.2 Å². The van der Waals surface area contributed by atoms with Crippen molar-refractivity contribution in [2.75, 3.05) is 26.2 Å². The third-order valence-electron chi connectivity index (χ3n) is 3.64. The molecular formula is C16H25ClNO2+. The molecule has 3 nitrogen and oxygen atoms in total. The van der Waals surface area contributed by atoms with E-state index in [1.165, 1.54) is 0 Å². The second-order valence-electron chi connectivity index (χ2n) is 5.80. The highest BCUT2D eigenvalue weighted by molar-refractivity contribution is 6.32. The van der Waals surface area contributed by atoms with Gasteiger partial charge in [-0.25, -0.2) is 0 Å². The fourth-order valence-corrected chi connectivity index (χ4v) is 3.11. The predicted octanol–water partition coefficient (Wildman–Crippen LogP) is 2.11. The molecule has 1 aromatic rings. The molecule has 2 atom stereocenters. The first-order valence-electron chi connectivity index (χ1n) is 7.42. The highest BCUT2D eigenvalue weighted by atomic mass is 35.5. The van der Waals surface area contributed by atoms with E-state index in [0.717, 1.165) is 44.0 Å². The molecule has 1 N–H and O–H groups in total. The quantitative estimate of drug-likeness (QED) is 0.842. The van der Waals surface area contributed by atoms with Crippen LogP contribution >= 0.6 is 11.6 Å². The van der Waals surface area contributed by atoms with E-state index in [4.69, 9.17) is 21.1 Å². The predicted molar refractivity (Wildman–Crippen MR) is 81.9 cm³/mol. The highest BCUT2D eigenvalue weighted by Crippen LogP contribution is 2.25. The average Bonchev–Trinajstić information content (AvgIpc) is 2.35. The summed E-state index contributed by atoms with van der Waals surface area (Å²) in [5, 5.41) is 0.700. The summed E-state index contributed by atoms with van der Waals surface area (Å²) in [6.07, 6.45) is 1.77. The smallest absolute Gasteiger partial charge is 0.137 e. The van der Waals surface area contributed by atoms with Gasteiger partial charge in [-0.1, -0.05) is 17.7 Å². The molecule has 1 saturated heterocycles. The number of nitrogens with one attached hydrogen (secondary N) is 1. The molecule has 0 amide bonds. The van der Waals surface area contributed by atoms with Gasteiger partial charge in [-0.05, 0) is 38.5 Å². The molecule has 1 aliphatic rings. The summed E-state index contributed by atoms with van der Waals surface area (Å²) in [7, 11) is 0. The number of halogens is 1. The molecule has 0 aliphatic carbocycles. The highest BCUT2D eigenvalue weighted by Gasteiger charge is 2.24. The molecule has 1 heterocycles. The van der Waals surface area contributed by atoms with E-state index in [2.05, 4.69) is 13.8 Å². The first-order chi connectivity index (χ1) is 9.54. The second kappa shape index (κ2) is 7.30. The summed E-state index contributed by atoms with van der Waals surface area (Å²) in [6, 6.07) is 5.91. The number of rotatable bonds is 5. The molecule has 112 valence electrons. The van der Waals surface area contributed by atoms with Gasteiger partial charge in [0.25, 0.3) is 0 Å². The molecule has 1 aliphatic heterocycles. The summed E-state index contributed by atoms with van der Waals surface area (Å²) in [4.78, 5) is 1.61. The Morgan fingerprint density at radius 3 is 2.65 bits per heavy atom. The zero-order chi connectivity index (χ0) is 14.5. The van der Waals surface area contributed by atoms with Gasteiger partial charge in [-0.3, -0.25) is 0 Å². The largest absolute Gasteiger partial charge is 0.492 e. The molecule has 0 bridgehead atoms. The van der Waals surface area contributed by atoms with Crippen LogP contribution < -0.4 is 9.64 Å². The van der Waals surface area contributed by atoms with E-state index in [1.807, 2.05) is 25.1 Å². The Kier molecular flexibility index (Phi) is 5.70. The van der Waals surface area contributed by atoms with E-state index in [-0.39, 0.29) is 0 Å². The number of benzene rings is 1. The maximum absolute atomic E-state index is 6.15. The maximum atomic E-state index is 6.15. The summed E-state index contributed by atoms with van der Waals surface area (Å²) in [5.74, 6) is 0.788. The van der Waals surface area contributed by atoms with Crippen LogP contribution in [0, 0.1) is 6.92 Å². The number of hydrogen-bond donors (Lipinski definition) is 1. The molecule has 0 saturated carbocycles. The minimum Gasteiger partial charge on any atom is -0.492 e. The third kappa shape index (κ3) is 4.65. The number of ether oxygens (including phenoxy) is 2. The molecular weight excluding hydrogens is 274 g/mol. The lowest BCUT2D eigenvalue weighted by Crippen LogP contribution is -3.15. The zero-order valence-corrected chi connectivity index (χ0v) is 13.4. The Balaban J connectivity index is 1.71. The molecule has 2 rings (SSSR count). The molecule has 0 radical (unpaired) electrons. The van der Waals surface area contributed by atoms with Crippen molar-refractivity contribution in [1.82, 2.24) is 0 Å². The first kappa shape index (κ1) is 15.6. The average molecular weight is 299 g/mol. The number of morpholine rings is 1. The number of aryl methyl sites for hydroxylation is 1. The third-order valence-corrected chi connectivity index (χ3v) is 3.93. The topological polar surface area (TPSA) is 22.9 Å². The number of quaternary nitrogens is 1. The SMILES string of the molecule is Cc1ccc(OCCC[NH+]2C[C@H](C)O[C@@H](C)C2)c(Cl)c1. The van der Waals surface area contributed by atoms with Gasteiger partial charge in [-0.2, -0.15) is 0 Å². The number of hydrogen-bond acceptors (Lipinski definition) is 2. The van der Waals surface area contributed by atoms with Gasteiger partial charge in [0.15, 0.2) is 0 Å². The van der Waals surface area contributed by atoms with Crippen LogP contribution in [0.25, 0.3) is 0 Å². The molecule has 1 fully saturated rings. The van der Waals surface area contributed by atoms with Crippen molar-refractivity contribution >= 4 is 11.6 Å². The lowest BCUT2D eigenvalue weighted by Gasteiger charge is -2.32. The van der Waals surface area contributed by atoms with Crippen molar-refractivity contribution < 1.29 is 14.4 Å². The van der Waals surface area contributed by atoms with Gasteiger partial charge < -0.3 is 14.4 Å². The molecule has 0 aromatic heterocycles. The monoisotopic (exact) mass is 298 g/mol. The Hall–Kier alpha value is -0.770.